The van der Waals surface area contributed by atoms with Gasteiger partial charge in [0.2, 0.25) is 0 Å². The average molecular weight is 281 g/mol. The fourth-order valence-electron chi connectivity index (χ4n) is 2.44. The molecule has 1 N–H and O–H groups in total. The highest BCUT2D eigenvalue weighted by atomic mass is 15.4. The molecule has 1 aromatic carbocycles. The SMILES string of the molecule is CCCc1ccccc1Nc1cc(C)nc2nc(C)nn12. The molecule has 3 aromatic rings. The van der Waals surface area contributed by atoms with E-state index >= 15 is 0 Å². The van der Waals surface area contributed by atoms with E-state index in [1.165, 1.54) is 5.56 Å². The van der Waals surface area contributed by atoms with Crippen LogP contribution in [0, 0.1) is 13.8 Å². The maximum Gasteiger partial charge on any atom is 0.254 e. The number of fused-ring (bicyclic) bond motifs is 1. The van der Waals surface area contributed by atoms with Crippen LogP contribution in [0.5, 0.6) is 0 Å². The van der Waals surface area contributed by atoms with E-state index in [0.717, 1.165) is 35.9 Å². The fourth-order valence-corrected chi connectivity index (χ4v) is 2.44. The number of hydrogen-bond donors (Lipinski definition) is 1. The second-order valence-electron chi connectivity index (χ2n) is 5.19. The zero-order valence-electron chi connectivity index (χ0n) is 12.6. The number of rotatable bonds is 4. The molecular formula is C16H19N5. The molecule has 0 amide bonds. The minimum atomic E-state index is 0.628. The number of nitrogens with one attached hydrogen (secondary N) is 1. The lowest BCUT2D eigenvalue weighted by atomic mass is 10.1. The summed E-state index contributed by atoms with van der Waals surface area (Å²) in [6.45, 7) is 6.03. The van der Waals surface area contributed by atoms with Crippen molar-refractivity contribution in [1.29, 1.82) is 0 Å². The monoisotopic (exact) mass is 281 g/mol. The van der Waals surface area contributed by atoms with Gasteiger partial charge in [-0.2, -0.15) is 9.50 Å². The largest absolute Gasteiger partial charge is 0.340 e. The van der Waals surface area contributed by atoms with Crippen LogP contribution < -0.4 is 5.32 Å². The second-order valence-corrected chi connectivity index (χ2v) is 5.19. The van der Waals surface area contributed by atoms with E-state index in [2.05, 4.69) is 45.5 Å². The quantitative estimate of drug-likeness (QED) is 0.796. The molecule has 2 heterocycles. The first-order valence-electron chi connectivity index (χ1n) is 7.23. The predicted octanol–water partition coefficient (Wildman–Crippen LogP) is 3.44. The molecule has 0 unspecified atom stereocenters. The third-order valence-corrected chi connectivity index (χ3v) is 3.35. The van der Waals surface area contributed by atoms with Crippen LogP contribution in [0.4, 0.5) is 11.5 Å². The van der Waals surface area contributed by atoms with E-state index in [4.69, 9.17) is 0 Å². The van der Waals surface area contributed by atoms with Gasteiger partial charge in [-0.3, -0.25) is 0 Å². The van der Waals surface area contributed by atoms with Crippen LogP contribution in [-0.2, 0) is 6.42 Å². The van der Waals surface area contributed by atoms with Crippen LogP contribution in [0.1, 0.15) is 30.4 Å². The Morgan fingerprint density at radius 3 is 2.76 bits per heavy atom. The van der Waals surface area contributed by atoms with Gasteiger partial charge in [-0.05, 0) is 31.9 Å². The Morgan fingerprint density at radius 2 is 1.95 bits per heavy atom. The Kier molecular flexibility index (Phi) is 3.56. The number of aryl methyl sites for hydroxylation is 3. The third kappa shape index (κ3) is 2.72. The molecule has 5 heteroatoms. The molecule has 0 radical (unpaired) electrons. The van der Waals surface area contributed by atoms with E-state index in [-0.39, 0.29) is 0 Å². The van der Waals surface area contributed by atoms with E-state index < -0.39 is 0 Å². The molecular weight excluding hydrogens is 262 g/mol. The number of benzene rings is 1. The zero-order valence-corrected chi connectivity index (χ0v) is 12.6. The van der Waals surface area contributed by atoms with Crippen molar-refractivity contribution in [3.63, 3.8) is 0 Å². The van der Waals surface area contributed by atoms with Crippen LogP contribution >= 0.6 is 0 Å². The molecule has 21 heavy (non-hydrogen) atoms. The van der Waals surface area contributed by atoms with Gasteiger partial charge in [0.05, 0.1) is 0 Å². The van der Waals surface area contributed by atoms with Gasteiger partial charge in [0.15, 0.2) is 0 Å². The van der Waals surface area contributed by atoms with Crippen molar-refractivity contribution < 1.29 is 0 Å². The van der Waals surface area contributed by atoms with Gasteiger partial charge < -0.3 is 5.32 Å². The summed E-state index contributed by atoms with van der Waals surface area (Å²) in [5.74, 6) is 2.24. The minimum absolute atomic E-state index is 0.628. The Bertz CT molecular complexity index is 775. The second kappa shape index (κ2) is 5.52. The highest BCUT2D eigenvalue weighted by Crippen LogP contribution is 2.22. The molecule has 2 aromatic heterocycles. The smallest absolute Gasteiger partial charge is 0.254 e. The van der Waals surface area contributed by atoms with Crippen LogP contribution in [0.2, 0.25) is 0 Å². The first-order valence-corrected chi connectivity index (χ1v) is 7.23. The van der Waals surface area contributed by atoms with Crippen LogP contribution in [0.15, 0.2) is 30.3 Å². The Balaban J connectivity index is 2.05. The van der Waals surface area contributed by atoms with E-state index in [1.807, 2.05) is 26.0 Å². The van der Waals surface area contributed by atoms with Gasteiger partial charge in [-0.1, -0.05) is 31.5 Å². The van der Waals surface area contributed by atoms with Gasteiger partial charge in [0, 0.05) is 17.4 Å². The molecule has 0 bridgehead atoms. The maximum atomic E-state index is 4.41. The first kappa shape index (κ1) is 13.5. The molecule has 0 aliphatic rings. The van der Waals surface area contributed by atoms with Crippen molar-refractivity contribution >= 4 is 17.3 Å². The summed E-state index contributed by atoms with van der Waals surface area (Å²) in [4.78, 5) is 8.74. The summed E-state index contributed by atoms with van der Waals surface area (Å²) in [6, 6.07) is 10.4. The zero-order chi connectivity index (χ0) is 14.8. The standard InChI is InChI=1S/C16H19N5/c1-4-7-13-8-5-6-9-14(13)19-15-10-11(2)17-16-18-12(3)20-21(15)16/h5-6,8-10,19H,4,7H2,1-3H3. The Hall–Kier alpha value is -2.43. The van der Waals surface area contributed by atoms with Crippen molar-refractivity contribution in [2.75, 3.05) is 5.32 Å². The molecule has 5 nitrogen and oxygen atoms in total. The molecule has 0 saturated carbocycles. The van der Waals surface area contributed by atoms with Crippen LogP contribution in [0.3, 0.4) is 0 Å². The summed E-state index contributed by atoms with van der Waals surface area (Å²) in [7, 11) is 0. The molecule has 3 rings (SSSR count). The van der Waals surface area contributed by atoms with Crippen molar-refractivity contribution in [3.05, 3.63) is 47.4 Å². The molecule has 0 spiro atoms. The number of aromatic nitrogens is 4. The number of para-hydroxylation sites is 1. The van der Waals surface area contributed by atoms with Crippen molar-refractivity contribution in [3.8, 4) is 0 Å². The normalized spacial score (nSPS) is 11.0. The summed E-state index contributed by atoms with van der Waals surface area (Å²) >= 11 is 0. The van der Waals surface area contributed by atoms with E-state index in [9.17, 15) is 0 Å². The van der Waals surface area contributed by atoms with Gasteiger partial charge in [0.1, 0.15) is 11.6 Å². The number of anilines is 2. The van der Waals surface area contributed by atoms with Gasteiger partial charge in [0.25, 0.3) is 5.78 Å². The summed E-state index contributed by atoms with van der Waals surface area (Å²) in [5, 5.41) is 7.88. The van der Waals surface area contributed by atoms with Crippen molar-refractivity contribution in [1.82, 2.24) is 19.6 Å². The average Bonchev–Trinajstić information content (AvgIpc) is 2.81. The highest BCUT2D eigenvalue weighted by molar-refractivity contribution is 5.62. The number of nitrogens with zero attached hydrogens (tertiary/aromatic N) is 4. The summed E-state index contributed by atoms with van der Waals surface area (Å²) in [6.07, 6.45) is 2.17. The van der Waals surface area contributed by atoms with Gasteiger partial charge >= 0.3 is 0 Å². The van der Waals surface area contributed by atoms with E-state index in [0.29, 0.717) is 5.78 Å². The molecule has 0 fully saturated rings. The lowest BCUT2D eigenvalue weighted by Gasteiger charge is -2.12. The fraction of sp³-hybridized carbons (Fsp3) is 0.312. The lowest BCUT2D eigenvalue weighted by Crippen LogP contribution is -2.04. The van der Waals surface area contributed by atoms with Crippen LogP contribution in [-0.4, -0.2) is 19.6 Å². The summed E-state index contributed by atoms with van der Waals surface area (Å²) in [5.41, 5.74) is 3.34. The molecule has 108 valence electrons. The number of hydrogen-bond acceptors (Lipinski definition) is 4. The first-order chi connectivity index (χ1) is 10.2. The van der Waals surface area contributed by atoms with E-state index in [1.54, 1.807) is 4.52 Å². The summed E-state index contributed by atoms with van der Waals surface area (Å²) < 4.78 is 1.76. The van der Waals surface area contributed by atoms with Crippen molar-refractivity contribution in [2.24, 2.45) is 0 Å². The highest BCUT2D eigenvalue weighted by Gasteiger charge is 2.09. The minimum Gasteiger partial charge on any atom is -0.340 e. The Morgan fingerprint density at radius 1 is 1.14 bits per heavy atom. The Labute approximate surface area is 124 Å². The lowest BCUT2D eigenvalue weighted by molar-refractivity contribution is 0.908. The predicted molar refractivity (Wildman–Crippen MR) is 84.0 cm³/mol. The maximum absolute atomic E-state index is 4.41. The van der Waals surface area contributed by atoms with Crippen LogP contribution in [0.25, 0.3) is 5.78 Å². The molecule has 0 aliphatic carbocycles. The molecule has 0 aliphatic heterocycles. The van der Waals surface area contributed by atoms with Crippen molar-refractivity contribution in [2.45, 2.75) is 33.6 Å². The molecule has 0 atom stereocenters. The molecule has 0 saturated heterocycles. The topological polar surface area (TPSA) is 55.1 Å². The van der Waals surface area contributed by atoms with Gasteiger partial charge in [-0.15, -0.1) is 5.10 Å². The van der Waals surface area contributed by atoms with Gasteiger partial charge in [-0.25, -0.2) is 4.98 Å². The third-order valence-electron chi connectivity index (χ3n) is 3.35.